The quantitative estimate of drug-likeness (QED) is 0.766. The Balaban J connectivity index is 2.16. The van der Waals surface area contributed by atoms with E-state index in [1.165, 1.54) is 26.4 Å². The van der Waals surface area contributed by atoms with Gasteiger partial charge < -0.3 is 4.74 Å². The summed E-state index contributed by atoms with van der Waals surface area (Å²) in [5, 5.41) is 0. The van der Waals surface area contributed by atoms with Crippen LogP contribution in [0.1, 0.15) is 42.1 Å². The van der Waals surface area contributed by atoms with Gasteiger partial charge in [-0.15, -0.1) is 0 Å². The number of esters is 1. The van der Waals surface area contributed by atoms with Gasteiger partial charge in [-0.05, 0) is 37.4 Å². The predicted molar refractivity (Wildman–Crippen MR) is 71.5 cm³/mol. The second-order valence-corrected chi connectivity index (χ2v) is 4.82. The van der Waals surface area contributed by atoms with E-state index in [2.05, 4.69) is 11.8 Å². The second-order valence-electron chi connectivity index (χ2n) is 4.82. The van der Waals surface area contributed by atoms with E-state index in [9.17, 15) is 4.79 Å². The molecule has 0 N–H and O–H groups in total. The Morgan fingerprint density at radius 3 is 2.94 bits per heavy atom. The fourth-order valence-corrected chi connectivity index (χ4v) is 2.75. The van der Waals surface area contributed by atoms with Gasteiger partial charge in [0.15, 0.2) is 0 Å². The van der Waals surface area contributed by atoms with Crippen LogP contribution in [0.25, 0.3) is 0 Å². The van der Waals surface area contributed by atoms with Gasteiger partial charge in [0.25, 0.3) is 0 Å². The minimum atomic E-state index is -0.238. The molecule has 18 heavy (non-hydrogen) atoms. The van der Waals surface area contributed by atoms with Crippen LogP contribution in [0, 0.1) is 0 Å². The van der Waals surface area contributed by atoms with Crippen molar-refractivity contribution in [2.24, 2.45) is 0 Å². The highest BCUT2D eigenvalue weighted by Gasteiger charge is 2.24. The Kier molecular flexibility index (Phi) is 4.37. The SMILES string of the molecule is CCC1CCCN1Cc1ccccc1C(=O)OC. The number of likely N-dealkylation sites (tertiary alicyclic amines) is 1. The molecule has 1 saturated heterocycles. The van der Waals surface area contributed by atoms with E-state index in [0.717, 1.165) is 18.7 Å². The summed E-state index contributed by atoms with van der Waals surface area (Å²) in [6.07, 6.45) is 3.72. The van der Waals surface area contributed by atoms with Crippen molar-refractivity contribution in [2.45, 2.75) is 38.8 Å². The van der Waals surface area contributed by atoms with Crippen LogP contribution in [0.4, 0.5) is 0 Å². The first-order valence-corrected chi connectivity index (χ1v) is 6.66. The molecule has 1 atom stereocenters. The summed E-state index contributed by atoms with van der Waals surface area (Å²) < 4.78 is 4.84. The largest absolute Gasteiger partial charge is 0.465 e. The van der Waals surface area contributed by atoms with Crippen molar-refractivity contribution in [2.75, 3.05) is 13.7 Å². The lowest BCUT2D eigenvalue weighted by atomic mass is 10.1. The maximum absolute atomic E-state index is 11.7. The Bertz CT molecular complexity index is 417. The standard InChI is InChI=1S/C15H21NO2/c1-3-13-8-6-10-16(13)11-12-7-4-5-9-14(12)15(17)18-2/h4-5,7,9,13H,3,6,8,10-11H2,1-2H3. The minimum absolute atomic E-state index is 0.238. The van der Waals surface area contributed by atoms with Crippen LogP contribution in [0.5, 0.6) is 0 Å². The Hall–Kier alpha value is -1.35. The molecule has 1 fully saturated rings. The molecule has 3 heteroatoms. The van der Waals surface area contributed by atoms with Gasteiger partial charge in [0, 0.05) is 12.6 Å². The molecule has 0 spiro atoms. The molecule has 3 nitrogen and oxygen atoms in total. The Morgan fingerprint density at radius 2 is 2.22 bits per heavy atom. The van der Waals surface area contributed by atoms with E-state index in [1.54, 1.807) is 0 Å². The van der Waals surface area contributed by atoms with E-state index < -0.39 is 0 Å². The number of carbonyl (C=O) groups excluding carboxylic acids is 1. The van der Waals surface area contributed by atoms with Crippen molar-refractivity contribution >= 4 is 5.97 Å². The van der Waals surface area contributed by atoms with E-state index in [-0.39, 0.29) is 5.97 Å². The number of ether oxygens (including phenoxy) is 1. The van der Waals surface area contributed by atoms with Crippen molar-refractivity contribution in [1.82, 2.24) is 4.90 Å². The average Bonchev–Trinajstić information content (AvgIpc) is 2.86. The van der Waals surface area contributed by atoms with Gasteiger partial charge in [0.1, 0.15) is 0 Å². The summed E-state index contributed by atoms with van der Waals surface area (Å²) in [5.41, 5.74) is 1.77. The van der Waals surface area contributed by atoms with E-state index in [4.69, 9.17) is 4.74 Å². The molecule has 1 aliphatic rings. The highest BCUT2D eigenvalue weighted by molar-refractivity contribution is 5.90. The van der Waals surface area contributed by atoms with Crippen molar-refractivity contribution in [1.29, 1.82) is 0 Å². The third-order valence-corrected chi connectivity index (χ3v) is 3.77. The summed E-state index contributed by atoms with van der Waals surface area (Å²) in [5.74, 6) is -0.238. The number of hydrogen-bond donors (Lipinski definition) is 0. The molecule has 1 heterocycles. The van der Waals surface area contributed by atoms with Crippen LogP contribution in [-0.2, 0) is 11.3 Å². The molecule has 0 aromatic heterocycles. The van der Waals surface area contributed by atoms with Gasteiger partial charge >= 0.3 is 5.97 Å². The lowest BCUT2D eigenvalue weighted by molar-refractivity contribution is 0.0598. The molecule has 1 aliphatic heterocycles. The molecule has 2 rings (SSSR count). The highest BCUT2D eigenvalue weighted by atomic mass is 16.5. The fourth-order valence-electron chi connectivity index (χ4n) is 2.75. The van der Waals surface area contributed by atoms with Gasteiger partial charge in [-0.3, -0.25) is 4.90 Å². The number of hydrogen-bond acceptors (Lipinski definition) is 3. The monoisotopic (exact) mass is 247 g/mol. The summed E-state index contributed by atoms with van der Waals surface area (Å²) in [4.78, 5) is 14.2. The van der Waals surface area contributed by atoms with Crippen LogP contribution in [0.3, 0.4) is 0 Å². The van der Waals surface area contributed by atoms with E-state index >= 15 is 0 Å². The number of nitrogens with zero attached hydrogens (tertiary/aromatic N) is 1. The minimum Gasteiger partial charge on any atom is -0.465 e. The summed E-state index contributed by atoms with van der Waals surface area (Å²) in [7, 11) is 1.43. The molecule has 0 radical (unpaired) electrons. The molecular formula is C15H21NO2. The molecule has 1 unspecified atom stereocenters. The first-order chi connectivity index (χ1) is 8.76. The van der Waals surface area contributed by atoms with Crippen molar-refractivity contribution in [3.05, 3.63) is 35.4 Å². The first kappa shape index (κ1) is 13.1. The fraction of sp³-hybridized carbons (Fsp3) is 0.533. The van der Waals surface area contributed by atoms with Gasteiger partial charge in [-0.1, -0.05) is 25.1 Å². The third-order valence-electron chi connectivity index (χ3n) is 3.77. The lowest BCUT2D eigenvalue weighted by Crippen LogP contribution is -2.29. The maximum atomic E-state index is 11.7. The first-order valence-electron chi connectivity index (χ1n) is 6.66. The van der Waals surface area contributed by atoms with Crippen LogP contribution in [0.2, 0.25) is 0 Å². The molecule has 1 aromatic carbocycles. The highest BCUT2D eigenvalue weighted by Crippen LogP contribution is 2.23. The second kappa shape index (κ2) is 6.01. The predicted octanol–water partition coefficient (Wildman–Crippen LogP) is 2.85. The van der Waals surface area contributed by atoms with Gasteiger partial charge in [-0.25, -0.2) is 4.79 Å². The Labute approximate surface area is 109 Å². The number of carbonyl (C=O) groups is 1. The van der Waals surface area contributed by atoms with Crippen LogP contribution < -0.4 is 0 Å². The molecule has 0 aliphatic carbocycles. The normalized spacial score (nSPS) is 20.0. The summed E-state index contributed by atoms with van der Waals surface area (Å²) >= 11 is 0. The van der Waals surface area contributed by atoms with Gasteiger partial charge in [0.2, 0.25) is 0 Å². The number of methoxy groups -OCH3 is 1. The zero-order valence-corrected chi connectivity index (χ0v) is 11.2. The van der Waals surface area contributed by atoms with Crippen molar-refractivity contribution in [3.8, 4) is 0 Å². The molecule has 1 aromatic rings. The number of rotatable bonds is 4. The molecule has 98 valence electrons. The van der Waals surface area contributed by atoms with Crippen molar-refractivity contribution < 1.29 is 9.53 Å². The molecule has 0 bridgehead atoms. The zero-order valence-electron chi connectivity index (χ0n) is 11.2. The Morgan fingerprint density at radius 1 is 1.44 bits per heavy atom. The molecule has 0 saturated carbocycles. The molecule has 0 amide bonds. The summed E-state index contributed by atoms with van der Waals surface area (Å²) in [6, 6.07) is 8.40. The zero-order chi connectivity index (χ0) is 13.0. The maximum Gasteiger partial charge on any atom is 0.338 e. The number of benzene rings is 1. The van der Waals surface area contributed by atoms with Crippen LogP contribution >= 0.6 is 0 Å². The topological polar surface area (TPSA) is 29.5 Å². The van der Waals surface area contributed by atoms with Crippen LogP contribution in [-0.4, -0.2) is 30.6 Å². The average molecular weight is 247 g/mol. The van der Waals surface area contributed by atoms with Gasteiger partial charge in [-0.2, -0.15) is 0 Å². The smallest absolute Gasteiger partial charge is 0.338 e. The van der Waals surface area contributed by atoms with Gasteiger partial charge in [0.05, 0.1) is 12.7 Å². The summed E-state index contributed by atoms with van der Waals surface area (Å²) in [6.45, 7) is 4.22. The third kappa shape index (κ3) is 2.72. The van der Waals surface area contributed by atoms with E-state index in [0.29, 0.717) is 11.6 Å². The van der Waals surface area contributed by atoms with Crippen LogP contribution in [0.15, 0.2) is 24.3 Å². The van der Waals surface area contributed by atoms with Crippen molar-refractivity contribution in [3.63, 3.8) is 0 Å². The van der Waals surface area contributed by atoms with E-state index in [1.807, 2.05) is 24.3 Å². The molecular weight excluding hydrogens is 226 g/mol. The lowest BCUT2D eigenvalue weighted by Gasteiger charge is -2.24.